The van der Waals surface area contributed by atoms with Crippen LogP contribution in [-0.4, -0.2) is 69.2 Å². The molecule has 4 aromatic rings. The average Bonchev–Trinajstić information content (AvgIpc) is 3.36. The van der Waals surface area contributed by atoms with Crippen LogP contribution in [0.5, 0.6) is 23.1 Å². The van der Waals surface area contributed by atoms with Crippen LogP contribution < -0.4 is 9.47 Å². The smallest absolute Gasteiger partial charge is 0.248 e. The second-order valence-electron chi connectivity index (χ2n) is 9.21. The third kappa shape index (κ3) is 5.95. The van der Waals surface area contributed by atoms with Gasteiger partial charge in [0.05, 0.1) is 12.2 Å². The molecular formula is C28H30N6O3. The largest absolute Gasteiger partial charge is 0.457 e. The lowest BCUT2D eigenvalue weighted by Gasteiger charge is -2.31. The Kier molecular flexibility index (Phi) is 7.41. The van der Waals surface area contributed by atoms with E-state index in [1.165, 1.54) is 6.33 Å². The predicted molar refractivity (Wildman–Crippen MR) is 141 cm³/mol. The van der Waals surface area contributed by atoms with Crippen LogP contribution in [0.1, 0.15) is 18.9 Å². The molecule has 2 aromatic carbocycles. The van der Waals surface area contributed by atoms with E-state index >= 15 is 0 Å². The molecule has 5 rings (SSSR count). The van der Waals surface area contributed by atoms with Crippen LogP contribution in [-0.2, 0) is 4.79 Å². The number of amides is 1. The second kappa shape index (κ2) is 11.2. The zero-order valence-corrected chi connectivity index (χ0v) is 21.0. The van der Waals surface area contributed by atoms with Crippen LogP contribution in [0.2, 0.25) is 0 Å². The summed E-state index contributed by atoms with van der Waals surface area (Å²) in [5, 5.41) is 4.61. The summed E-state index contributed by atoms with van der Waals surface area (Å²) in [6, 6.07) is 17.2. The molecule has 0 bridgehead atoms. The lowest BCUT2D eigenvalue weighted by molar-refractivity contribution is -0.127. The van der Waals surface area contributed by atoms with Crippen molar-refractivity contribution < 1.29 is 14.3 Å². The van der Waals surface area contributed by atoms with Crippen LogP contribution in [0.15, 0.2) is 79.3 Å². The number of para-hydroxylation sites is 1. The van der Waals surface area contributed by atoms with Gasteiger partial charge in [0.2, 0.25) is 11.8 Å². The maximum atomic E-state index is 12.5. The molecule has 0 atom stereocenters. The van der Waals surface area contributed by atoms with Crippen molar-refractivity contribution in [2.45, 2.75) is 18.9 Å². The molecular weight excluding hydrogens is 468 g/mol. The zero-order valence-electron chi connectivity index (χ0n) is 21.0. The zero-order chi connectivity index (χ0) is 25.6. The van der Waals surface area contributed by atoms with Gasteiger partial charge < -0.3 is 19.3 Å². The van der Waals surface area contributed by atoms with E-state index in [0.29, 0.717) is 30.5 Å². The second-order valence-corrected chi connectivity index (χ2v) is 9.21. The summed E-state index contributed by atoms with van der Waals surface area (Å²) >= 11 is 0. The lowest BCUT2D eigenvalue weighted by atomic mass is 10.0. The Morgan fingerprint density at radius 2 is 1.65 bits per heavy atom. The SMILES string of the molecule is CN(C)CC=CC(=O)N1CCC(n2ncc3ncnc(Oc4ccc(Oc5ccccc5)cc4)c32)CC1. The van der Waals surface area contributed by atoms with E-state index in [2.05, 4.69) is 15.1 Å². The van der Waals surface area contributed by atoms with E-state index in [4.69, 9.17) is 9.47 Å². The molecule has 0 saturated carbocycles. The Morgan fingerprint density at radius 3 is 2.35 bits per heavy atom. The number of carbonyl (C=O) groups is 1. The monoisotopic (exact) mass is 498 g/mol. The van der Waals surface area contributed by atoms with Crippen LogP contribution in [0.3, 0.4) is 0 Å². The number of hydrogen-bond acceptors (Lipinski definition) is 7. The first-order chi connectivity index (χ1) is 18.1. The maximum absolute atomic E-state index is 12.5. The molecule has 2 aromatic heterocycles. The number of likely N-dealkylation sites (tertiary alicyclic amines) is 1. The van der Waals surface area contributed by atoms with Crippen molar-refractivity contribution in [2.75, 3.05) is 33.7 Å². The predicted octanol–water partition coefficient (Wildman–Crippen LogP) is 4.69. The van der Waals surface area contributed by atoms with Gasteiger partial charge in [0.1, 0.15) is 34.6 Å². The number of likely N-dealkylation sites (N-methyl/N-ethyl adjacent to an activating group) is 1. The van der Waals surface area contributed by atoms with Crippen molar-refractivity contribution in [3.63, 3.8) is 0 Å². The van der Waals surface area contributed by atoms with Gasteiger partial charge in [-0.05, 0) is 63.3 Å². The molecule has 0 unspecified atom stereocenters. The molecule has 9 nitrogen and oxygen atoms in total. The van der Waals surface area contributed by atoms with Gasteiger partial charge in [0, 0.05) is 25.7 Å². The van der Waals surface area contributed by atoms with E-state index in [1.54, 1.807) is 12.3 Å². The van der Waals surface area contributed by atoms with Gasteiger partial charge in [-0.1, -0.05) is 24.3 Å². The molecule has 0 radical (unpaired) electrons. The molecule has 1 fully saturated rings. The van der Waals surface area contributed by atoms with E-state index in [-0.39, 0.29) is 11.9 Å². The summed E-state index contributed by atoms with van der Waals surface area (Å²) in [4.78, 5) is 25.2. The highest BCUT2D eigenvalue weighted by atomic mass is 16.5. The molecule has 0 spiro atoms. The fourth-order valence-corrected chi connectivity index (χ4v) is 4.32. The summed E-state index contributed by atoms with van der Waals surface area (Å²) in [6.45, 7) is 2.08. The molecule has 37 heavy (non-hydrogen) atoms. The summed E-state index contributed by atoms with van der Waals surface area (Å²) in [5.41, 5.74) is 1.47. The highest BCUT2D eigenvalue weighted by Gasteiger charge is 2.26. The molecule has 1 aliphatic rings. The van der Waals surface area contributed by atoms with Gasteiger partial charge in [-0.25, -0.2) is 4.98 Å². The van der Waals surface area contributed by atoms with Gasteiger partial charge in [-0.2, -0.15) is 10.1 Å². The first-order valence-electron chi connectivity index (χ1n) is 12.4. The third-order valence-electron chi connectivity index (χ3n) is 6.22. The van der Waals surface area contributed by atoms with E-state index in [9.17, 15) is 4.79 Å². The quantitative estimate of drug-likeness (QED) is 0.326. The van der Waals surface area contributed by atoms with Gasteiger partial charge in [-0.3, -0.25) is 9.48 Å². The molecule has 0 N–H and O–H groups in total. The Bertz CT molecular complexity index is 1360. The third-order valence-corrected chi connectivity index (χ3v) is 6.22. The molecule has 1 saturated heterocycles. The Labute approximate surface area is 216 Å². The Morgan fingerprint density at radius 1 is 0.973 bits per heavy atom. The highest BCUT2D eigenvalue weighted by Crippen LogP contribution is 2.32. The fourth-order valence-electron chi connectivity index (χ4n) is 4.32. The van der Waals surface area contributed by atoms with Gasteiger partial charge in [-0.15, -0.1) is 0 Å². The van der Waals surface area contributed by atoms with E-state index < -0.39 is 0 Å². The number of rotatable bonds is 8. The van der Waals surface area contributed by atoms with Crippen molar-refractivity contribution in [1.29, 1.82) is 0 Å². The summed E-state index contributed by atoms with van der Waals surface area (Å²) in [6.07, 6.45) is 8.38. The molecule has 1 aliphatic heterocycles. The van der Waals surface area contributed by atoms with Crippen LogP contribution in [0.4, 0.5) is 0 Å². The number of carbonyl (C=O) groups excluding carboxylic acids is 1. The number of hydrogen-bond donors (Lipinski definition) is 0. The summed E-state index contributed by atoms with van der Waals surface area (Å²) in [5.74, 6) is 2.63. The van der Waals surface area contributed by atoms with E-state index in [1.807, 2.05) is 89.3 Å². The minimum absolute atomic E-state index is 0.0534. The first kappa shape index (κ1) is 24.5. The van der Waals surface area contributed by atoms with Crippen molar-refractivity contribution in [3.8, 4) is 23.1 Å². The summed E-state index contributed by atoms with van der Waals surface area (Å²) in [7, 11) is 3.96. The standard InChI is InChI=1S/C28H30N6O3/c1-32(2)16-6-9-26(35)33-17-14-21(15-18-33)34-27-25(19-31-34)29-20-30-28(27)37-24-12-10-23(11-13-24)36-22-7-4-3-5-8-22/h3-13,19-21H,14-18H2,1-2H3. The minimum Gasteiger partial charge on any atom is -0.457 e. The van der Waals surface area contributed by atoms with Gasteiger partial charge in [0.15, 0.2) is 0 Å². The number of benzene rings is 2. The first-order valence-corrected chi connectivity index (χ1v) is 12.4. The molecule has 1 amide bonds. The van der Waals surface area contributed by atoms with E-state index in [0.717, 1.165) is 36.2 Å². The number of nitrogens with zero attached hydrogens (tertiary/aromatic N) is 6. The van der Waals surface area contributed by atoms with Crippen LogP contribution in [0.25, 0.3) is 11.0 Å². The molecule has 0 aliphatic carbocycles. The number of fused-ring (bicyclic) bond motifs is 1. The Hall–Kier alpha value is -4.24. The number of aromatic nitrogens is 4. The topological polar surface area (TPSA) is 85.6 Å². The number of ether oxygens (including phenoxy) is 2. The van der Waals surface area contributed by atoms with Crippen LogP contribution >= 0.6 is 0 Å². The highest BCUT2D eigenvalue weighted by molar-refractivity contribution is 5.87. The number of piperidine rings is 1. The fraction of sp³-hybridized carbons (Fsp3) is 0.286. The molecule has 3 heterocycles. The van der Waals surface area contributed by atoms with Crippen molar-refractivity contribution >= 4 is 16.9 Å². The molecule has 190 valence electrons. The normalized spacial score (nSPS) is 14.5. The maximum Gasteiger partial charge on any atom is 0.248 e. The van der Waals surface area contributed by atoms with Gasteiger partial charge in [0.25, 0.3) is 0 Å². The lowest BCUT2D eigenvalue weighted by Crippen LogP contribution is -2.38. The van der Waals surface area contributed by atoms with Crippen molar-refractivity contribution in [3.05, 3.63) is 79.3 Å². The van der Waals surface area contributed by atoms with Crippen molar-refractivity contribution in [1.82, 2.24) is 29.5 Å². The summed E-state index contributed by atoms with van der Waals surface area (Å²) < 4.78 is 14.0. The van der Waals surface area contributed by atoms with Crippen LogP contribution in [0, 0.1) is 0 Å². The average molecular weight is 499 g/mol. The Balaban J connectivity index is 1.27. The minimum atomic E-state index is 0.0534. The van der Waals surface area contributed by atoms with Gasteiger partial charge >= 0.3 is 0 Å². The molecule has 9 heteroatoms. The van der Waals surface area contributed by atoms with Crippen molar-refractivity contribution in [2.24, 2.45) is 0 Å².